The van der Waals surface area contributed by atoms with Gasteiger partial charge in [-0.25, -0.2) is 9.78 Å². The molecule has 0 saturated heterocycles. The summed E-state index contributed by atoms with van der Waals surface area (Å²) in [7, 11) is 4.79. The number of nitrogens with zero attached hydrogens (tertiary/aromatic N) is 4. The maximum Gasteiger partial charge on any atom is 0.341 e. The number of carbonyl (C=O) groups is 2. The number of aryl methyl sites for hydroxylation is 2. The first-order valence-electron chi connectivity index (χ1n) is 7.76. The molecule has 0 unspecified atom stereocenters. The van der Waals surface area contributed by atoms with Crippen molar-refractivity contribution in [2.24, 2.45) is 7.05 Å². The molecule has 0 aliphatic rings. The van der Waals surface area contributed by atoms with Crippen LogP contribution in [0.5, 0.6) is 0 Å². The van der Waals surface area contributed by atoms with Crippen LogP contribution in [0, 0.1) is 6.92 Å². The van der Waals surface area contributed by atoms with E-state index in [-0.39, 0.29) is 12.5 Å². The van der Waals surface area contributed by atoms with Crippen LogP contribution in [0.4, 0.5) is 0 Å². The molecule has 0 aromatic carbocycles. The topological polar surface area (TPSA) is 90.5 Å². The molecular weight excluding hydrogens is 356 g/mol. The van der Waals surface area contributed by atoms with Gasteiger partial charge >= 0.3 is 5.97 Å². The van der Waals surface area contributed by atoms with E-state index in [9.17, 15) is 9.59 Å². The number of methoxy groups -OCH3 is 1. The van der Waals surface area contributed by atoms with Crippen LogP contribution in [0.15, 0.2) is 28.3 Å². The van der Waals surface area contributed by atoms with Crippen molar-refractivity contribution in [3.05, 3.63) is 46.6 Å². The van der Waals surface area contributed by atoms with Gasteiger partial charge in [-0.2, -0.15) is 5.10 Å². The van der Waals surface area contributed by atoms with E-state index in [0.717, 1.165) is 10.6 Å². The zero-order chi connectivity index (χ0) is 18.8. The summed E-state index contributed by atoms with van der Waals surface area (Å²) in [6.45, 7) is 1.90. The zero-order valence-electron chi connectivity index (χ0n) is 14.8. The van der Waals surface area contributed by atoms with Crippen LogP contribution >= 0.6 is 11.3 Å². The molecule has 0 radical (unpaired) electrons. The Kier molecular flexibility index (Phi) is 4.90. The molecule has 9 heteroatoms. The standard InChI is InChI=1S/C17H18N4O4S/c1-10-13(17(23)24-4)5-12(25-10)8-20(2)16(22)14-9-26-15(19-14)11-6-18-21(3)7-11/h5-7,9H,8H2,1-4H3. The van der Waals surface area contributed by atoms with Gasteiger partial charge in [0.25, 0.3) is 5.91 Å². The van der Waals surface area contributed by atoms with E-state index in [1.807, 2.05) is 13.2 Å². The molecule has 3 heterocycles. The molecule has 0 fully saturated rings. The van der Waals surface area contributed by atoms with Crippen LogP contribution in [0.25, 0.3) is 10.6 Å². The first-order chi connectivity index (χ1) is 12.4. The highest BCUT2D eigenvalue weighted by Gasteiger charge is 2.20. The van der Waals surface area contributed by atoms with Crippen molar-refractivity contribution in [1.29, 1.82) is 0 Å². The van der Waals surface area contributed by atoms with Crippen LogP contribution in [0.2, 0.25) is 0 Å². The fourth-order valence-electron chi connectivity index (χ4n) is 2.47. The Balaban J connectivity index is 1.72. The summed E-state index contributed by atoms with van der Waals surface area (Å²) >= 11 is 1.38. The largest absolute Gasteiger partial charge is 0.465 e. The van der Waals surface area contributed by atoms with Gasteiger partial charge in [-0.15, -0.1) is 11.3 Å². The Bertz CT molecular complexity index is 956. The Hall–Kier alpha value is -2.94. The zero-order valence-corrected chi connectivity index (χ0v) is 15.7. The quantitative estimate of drug-likeness (QED) is 0.638. The fraction of sp³-hybridized carbons (Fsp3) is 0.294. The summed E-state index contributed by atoms with van der Waals surface area (Å²) in [5.41, 5.74) is 1.58. The number of rotatable bonds is 5. The molecule has 0 aliphatic carbocycles. The summed E-state index contributed by atoms with van der Waals surface area (Å²) in [4.78, 5) is 30.1. The van der Waals surface area contributed by atoms with Gasteiger partial charge < -0.3 is 14.1 Å². The number of hydrogen-bond acceptors (Lipinski definition) is 7. The van der Waals surface area contributed by atoms with E-state index in [1.54, 1.807) is 36.3 Å². The summed E-state index contributed by atoms with van der Waals surface area (Å²) < 4.78 is 11.9. The van der Waals surface area contributed by atoms with Gasteiger partial charge in [0.15, 0.2) is 0 Å². The number of esters is 1. The van der Waals surface area contributed by atoms with Crippen molar-refractivity contribution >= 4 is 23.2 Å². The Labute approximate surface area is 154 Å². The monoisotopic (exact) mass is 374 g/mol. The minimum absolute atomic E-state index is 0.219. The Morgan fingerprint density at radius 1 is 1.42 bits per heavy atom. The third kappa shape index (κ3) is 3.52. The molecule has 0 aliphatic heterocycles. The molecule has 1 amide bonds. The molecule has 3 aromatic heterocycles. The van der Waals surface area contributed by atoms with E-state index < -0.39 is 5.97 Å². The second kappa shape index (κ2) is 7.12. The van der Waals surface area contributed by atoms with Crippen LogP contribution in [-0.4, -0.2) is 45.7 Å². The normalized spacial score (nSPS) is 10.8. The lowest BCUT2D eigenvalue weighted by atomic mass is 10.2. The van der Waals surface area contributed by atoms with Crippen molar-refractivity contribution in [2.75, 3.05) is 14.2 Å². The lowest BCUT2D eigenvalue weighted by molar-refractivity contribution is 0.0598. The second-order valence-corrected chi connectivity index (χ2v) is 6.63. The molecule has 8 nitrogen and oxygen atoms in total. The Morgan fingerprint density at radius 2 is 2.19 bits per heavy atom. The van der Waals surface area contributed by atoms with Gasteiger partial charge in [0.2, 0.25) is 0 Å². The fourth-order valence-corrected chi connectivity index (χ4v) is 3.24. The van der Waals surface area contributed by atoms with Gasteiger partial charge in [-0.1, -0.05) is 0 Å². The second-order valence-electron chi connectivity index (χ2n) is 5.78. The van der Waals surface area contributed by atoms with E-state index >= 15 is 0 Å². The van der Waals surface area contributed by atoms with Crippen LogP contribution in [0.1, 0.15) is 32.4 Å². The van der Waals surface area contributed by atoms with E-state index in [4.69, 9.17) is 9.15 Å². The molecule has 136 valence electrons. The van der Waals surface area contributed by atoms with Gasteiger partial charge in [0.1, 0.15) is 27.8 Å². The third-order valence-electron chi connectivity index (χ3n) is 3.79. The lowest BCUT2D eigenvalue weighted by Crippen LogP contribution is -2.26. The first kappa shape index (κ1) is 17.9. The van der Waals surface area contributed by atoms with Gasteiger partial charge in [-0.3, -0.25) is 9.48 Å². The van der Waals surface area contributed by atoms with Crippen molar-refractivity contribution in [2.45, 2.75) is 13.5 Å². The first-order valence-corrected chi connectivity index (χ1v) is 8.64. The molecule has 3 aromatic rings. The average Bonchev–Trinajstić information content (AvgIpc) is 3.33. The molecule has 0 atom stereocenters. The average molecular weight is 374 g/mol. The highest BCUT2D eigenvalue weighted by atomic mass is 32.1. The van der Waals surface area contributed by atoms with Crippen LogP contribution in [0.3, 0.4) is 0 Å². The number of ether oxygens (including phenoxy) is 1. The number of carbonyl (C=O) groups excluding carboxylic acids is 2. The SMILES string of the molecule is COC(=O)c1cc(CN(C)C(=O)c2csc(-c3cnn(C)c3)n2)oc1C. The highest BCUT2D eigenvalue weighted by Crippen LogP contribution is 2.24. The minimum Gasteiger partial charge on any atom is -0.465 e. The van der Waals surface area contributed by atoms with E-state index in [2.05, 4.69) is 10.1 Å². The molecule has 0 bridgehead atoms. The number of hydrogen-bond donors (Lipinski definition) is 0. The molecular formula is C17H18N4O4S. The van der Waals surface area contributed by atoms with Crippen molar-refractivity contribution in [1.82, 2.24) is 19.7 Å². The maximum absolute atomic E-state index is 12.6. The predicted molar refractivity (Wildman–Crippen MR) is 94.9 cm³/mol. The molecule has 26 heavy (non-hydrogen) atoms. The minimum atomic E-state index is -0.466. The number of amides is 1. The number of thiazole rings is 1. The van der Waals surface area contributed by atoms with Crippen LogP contribution in [-0.2, 0) is 18.3 Å². The third-order valence-corrected chi connectivity index (χ3v) is 4.68. The highest BCUT2D eigenvalue weighted by molar-refractivity contribution is 7.13. The Morgan fingerprint density at radius 3 is 2.85 bits per heavy atom. The van der Waals surface area contributed by atoms with E-state index in [1.165, 1.54) is 23.3 Å². The van der Waals surface area contributed by atoms with E-state index in [0.29, 0.717) is 22.8 Å². The molecule has 0 N–H and O–H groups in total. The predicted octanol–water partition coefficient (Wildman–Crippen LogP) is 2.50. The smallest absolute Gasteiger partial charge is 0.341 e. The summed E-state index contributed by atoms with van der Waals surface area (Å²) in [6.07, 6.45) is 3.55. The lowest BCUT2D eigenvalue weighted by Gasteiger charge is -2.13. The van der Waals surface area contributed by atoms with Gasteiger partial charge in [-0.05, 0) is 13.0 Å². The van der Waals surface area contributed by atoms with Gasteiger partial charge in [0.05, 0.1) is 19.9 Å². The molecule has 3 rings (SSSR count). The summed E-state index contributed by atoms with van der Waals surface area (Å²) in [6, 6.07) is 1.59. The summed E-state index contributed by atoms with van der Waals surface area (Å²) in [5.74, 6) is 0.263. The van der Waals surface area contributed by atoms with Crippen LogP contribution < -0.4 is 0 Å². The molecule has 0 spiro atoms. The van der Waals surface area contributed by atoms with Gasteiger partial charge in [0, 0.05) is 31.2 Å². The van der Waals surface area contributed by atoms with Crippen molar-refractivity contribution in [3.63, 3.8) is 0 Å². The van der Waals surface area contributed by atoms with Crippen molar-refractivity contribution < 1.29 is 18.7 Å². The molecule has 0 saturated carbocycles. The van der Waals surface area contributed by atoms with Crippen molar-refractivity contribution in [3.8, 4) is 10.6 Å². The number of furan rings is 1. The number of aromatic nitrogens is 3. The maximum atomic E-state index is 12.6. The summed E-state index contributed by atoms with van der Waals surface area (Å²) in [5, 5.41) is 6.56.